The molecule has 8 heteroatoms. The van der Waals surface area contributed by atoms with Crippen molar-refractivity contribution in [1.29, 1.82) is 0 Å². The first-order chi connectivity index (χ1) is 17.8. The van der Waals surface area contributed by atoms with E-state index in [1.54, 1.807) is 17.5 Å². The van der Waals surface area contributed by atoms with E-state index >= 15 is 0 Å². The summed E-state index contributed by atoms with van der Waals surface area (Å²) in [6.07, 6.45) is 15.5. The van der Waals surface area contributed by atoms with Gasteiger partial charge in [-0.25, -0.2) is 0 Å². The van der Waals surface area contributed by atoms with Gasteiger partial charge in [-0.3, -0.25) is 20.1 Å². The van der Waals surface area contributed by atoms with Crippen LogP contribution in [-0.4, -0.2) is 36.2 Å². The van der Waals surface area contributed by atoms with Crippen LogP contribution < -0.4 is 4.74 Å². The van der Waals surface area contributed by atoms with E-state index in [0.29, 0.717) is 0 Å². The molecule has 6 aromatic heterocycles. The molecule has 1 aliphatic carbocycles. The molecule has 0 bridgehead atoms. The Labute approximate surface area is 211 Å². The van der Waals surface area contributed by atoms with E-state index in [-0.39, 0.29) is 6.10 Å². The predicted molar refractivity (Wildman–Crippen MR) is 143 cm³/mol. The van der Waals surface area contributed by atoms with E-state index in [0.717, 1.165) is 68.6 Å². The summed E-state index contributed by atoms with van der Waals surface area (Å²) in [5.74, 6) is 0.804. The maximum atomic E-state index is 6.24. The second kappa shape index (κ2) is 8.87. The van der Waals surface area contributed by atoms with E-state index < -0.39 is 0 Å². The zero-order valence-corrected chi connectivity index (χ0v) is 20.4. The molecule has 2 N–H and O–H groups in total. The highest BCUT2D eigenvalue weighted by molar-refractivity contribution is 7.13. The van der Waals surface area contributed by atoms with Gasteiger partial charge in [-0.2, -0.15) is 5.10 Å². The monoisotopic (exact) mass is 492 g/mol. The molecular formula is C28H24N6OS. The number of fused-ring (bicyclic) bond motifs is 2. The van der Waals surface area contributed by atoms with Crippen molar-refractivity contribution in [3.8, 4) is 38.8 Å². The number of nitrogens with zero attached hydrogens (tertiary/aromatic N) is 4. The number of hydrogen-bond acceptors (Lipinski definition) is 6. The summed E-state index contributed by atoms with van der Waals surface area (Å²) in [5.41, 5.74) is 6.54. The standard InChI is InChI=1S/C28H24N6OS/c1-2-5-18(6-3-1)35-19-9-17(12-29-13-19)23-11-21-26(16-31-23)33-34-28(21)24-10-20-22(27-7-4-8-36-27)14-30-15-25(20)32-24/h4,7-16,18,32H,1-3,5-6H2,(H,33,34). The van der Waals surface area contributed by atoms with Crippen LogP contribution in [0, 0.1) is 0 Å². The summed E-state index contributed by atoms with van der Waals surface area (Å²) in [4.78, 5) is 18.3. The van der Waals surface area contributed by atoms with Crippen molar-refractivity contribution in [2.24, 2.45) is 0 Å². The molecule has 0 atom stereocenters. The number of aromatic nitrogens is 6. The lowest BCUT2D eigenvalue weighted by atomic mass is 9.98. The highest BCUT2D eigenvalue weighted by Gasteiger charge is 2.17. The lowest BCUT2D eigenvalue weighted by molar-refractivity contribution is 0.154. The minimum absolute atomic E-state index is 0.280. The number of thiophene rings is 1. The van der Waals surface area contributed by atoms with Crippen LogP contribution in [0.4, 0.5) is 0 Å². The number of H-pyrrole nitrogens is 2. The summed E-state index contributed by atoms with van der Waals surface area (Å²) in [6, 6.07) is 10.4. The smallest absolute Gasteiger partial charge is 0.138 e. The van der Waals surface area contributed by atoms with Crippen molar-refractivity contribution in [3.05, 3.63) is 66.7 Å². The molecule has 0 saturated heterocycles. The lowest BCUT2D eigenvalue weighted by Crippen LogP contribution is -2.19. The molecule has 1 aliphatic rings. The van der Waals surface area contributed by atoms with Gasteiger partial charge in [0.1, 0.15) is 11.4 Å². The summed E-state index contributed by atoms with van der Waals surface area (Å²) in [7, 11) is 0. The van der Waals surface area contributed by atoms with E-state index in [1.807, 2.05) is 30.9 Å². The normalized spacial score (nSPS) is 14.6. The van der Waals surface area contributed by atoms with Gasteiger partial charge < -0.3 is 9.72 Å². The quantitative estimate of drug-likeness (QED) is 0.270. The molecule has 178 valence electrons. The number of pyridine rings is 3. The summed E-state index contributed by atoms with van der Waals surface area (Å²) in [5, 5.41) is 12.0. The van der Waals surface area contributed by atoms with Gasteiger partial charge in [-0.15, -0.1) is 11.3 Å². The Morgan fingerprint density at radius 2 is 1.81 bits per heavy atom. The van der Waals surface area contributed by atoms with Gasteiger partial charge in [-0.05, 0) is 55.3 Å². The third-order valence-corrected chi connectivity index (χ3v) is 7.80. The minimum atomic E-state index is 0.280. The second-order valence-electron chi connectivity index (χ2n) is 9.28. The Kier molecular flexibility index (Phi) is 5.24. The molecule has 0 amide bonds. The summed E-state index contributed by atoms with van der Waals surface area (Å²) >= 11 is 1.71. The van der Waals surface area contributed by atoms with Crippen LogP contribution >= 0.6 is 11.3 Å². The van der Waals surface area contributed by atoms with Gasteiger partial charge in [0.05, 0.1) is 47.1 Å². The molecule has 6 heterocycles. The largest absolute Gasteiger partial charge is 0.489 e. The number of ether oxygens (including phenoxy) is 1. The molecule has 0 spiro atoms. The van der Waals surface area contributed by atoms with Gasteiger partial charge in [0.25, 0.3) is 0 Å². The number of hydrogen-bond donors (Lipinski definition) is 2. The third kappa shape index (κ3) is 3.83. The van der Waals surface area contributed by atoms with E-state index in [4.69, 9.17) is 4.74 Å². The second-order valence-corrected chi connectivity index (χ2v) is 10.2. The Morgan fingerprint density at radius 3 is 2.69 bits per heavy atom. The Balaban J connectivity index is 1.26. The van der Waals surface area contributed by atoms with E-state index in [1.165, 1.54) is 24.1 Å². The van der Waals surface area contributed by atoms with Crippen LogP contribution in [-0.2, 0) is 0 Å². The van der Waals surface area contributed by atoms with Crippen molar-refractivity contribution in [2.45, 2.75) is 38.2 Å². The molecule has 6 aromatic rings. The SMILES string of the molecule is c1csc(-c2cncc3[nH]c(-c4n[nH]c5cnc(-c6cncc(OC7CCCCC7)c6)cc45)cc23)c1. The fourth-order valence-electron chi connectivity index (χ4n) is 5.09. The molecule has 0 radical (unpaired) electrons. The highest BCUT2D eigenvalue weighted by atomic mass is 32.1. The number of aromatic amines is 2. The summed E-state index contributed by atoms with van der Waals surface area (Å²) < 4.78 is 6.24. The van der Waals surface area contributed by atoms with Gasteiger partial charge in [0.15, 0.2) is 0 Å². The average molecular weight is 493 g/mol. The molecule has 0 unspecified atom stereocenters. The first-order valence-corrected chi connectivity index (χ1v) is 13.2. The van der Waals surface area contributed by atoms with Crippen LogP contribution in [0.1, 0.15) is 32.1 Å². The van der Waals surface area contributed by atoms with Crippen LogP contribution in [0.3, 0.4) is 0 Å². The van der Waals surface area contributed by atoms with Crippen LogP contribution in [0.15, 0.2) is 66.7 Å². The number of nitrogens with one attached hydrogen (secondary N) is 2. The van der Waals surface area contributed by atoms with Crippen molar-refractivity contribution < 1.29 is 4.74 Å². The van der Waals surface area contributed by atoms with E-state index in [2.05, 4.69) is 59.8 Å². The van der Waals surface area contributed by atoms with Gasteiger partial charge >= 0.3 is 0 Å². The molecule has 7 nitrogen and oxygen atoms in total. The topological polar surface area (TPSA) is 92.4 Å². The number of rotatable bonds is 5. The van der Waals surface area contributed by atoms with Crippen LogP contribution in [0.2, 0.25) is 0 Å². The first-order valence-electron chi connectivity index (χ1n) is 12.3. The van der Waals surface area contributed by atoms with Crippen molar-refractivity contribution in [2.75, 3.05) is 0 Å². The van der Waals surface area contributed by atoms with Crippen LogP contribution in [0.5, 0.6) is 5.75 Å². The summed E-state index contributed by atoms with van der Waals surface area (Å²) in [6.45, 7) is 0. The highest BCUT2D eigenvalue weighted by Crippen LogP contribution is 2.36. The molecule has 1 saturated carbocycles. The average Bonchev–Trinajstić information content (AvgIpc) is 3.68. The Bertz CT molecular complexity index is 1660. The van der Waals surface area contributed by atoms with Crippen molar-refractivity contribution >= 4 is 33.1 Å². The zero-order valence-electron chi connectivity index (χ0n) is 19.6. The maximum absolute atomic E-state index is 6.24. The molecule has 1 fully saturated rings. The van der Waals surface area contributed by atoms with E-state index in [9.17, 15) is 0 Å². The lowest BCUT2D eigenvalue weighted by Gasteiger charge is -2.22. The maximum Gasteiger partial charge on any atom is 0.138 e. The van der Waals surface area contributed by atoms with Crippen molar-refractivity contribution in [1.82, 2.24) is 30.1 Å². The Hall–Kier alpha value is -4.04. The predicted octanol–water partition coefficient (Wildman–Crippen LogP) is 7.00. The third-order valence-electron chi connectivity index (χ3n) is 6.90. The van der Waals surface area contributed by atoms with Gasteiger partial charge in [0, 0.05) is 39.2 Å². The van der Waals surface area contributed by atoms with Gasteiger partial charge in [-0.1, -0.05) is 12.5 Å². The molecule has 0 aliphatic heterocycles. The molecule has 36 heavy (non-hydrogen) atoms. The first kappa shape index (κ1) is 21.3. The Morgan fingerprint density at radius 1 is 0.889 bits per heavy atom. The van der Waals surface area contributed by atoms with Crippen LogP contribution in [0.25, 0.3) is 54.9 Å². The minimum Gasteiger partial charge on any atom is -0.489 e. The zero-order chi connectivity index (χ0) is 23.9. The molecule has 7 rings (SSSR count). The molecular weight excluding hydrogens is 468 g/mol. The van der Waals surface area contributed by atoms with Crippen molar-refractivity contribution in [3.63, 3.8) is 0 Å². The fraction of sp³-hybridized carbons (Fsp3) is 0.214. The molecule has 0 aromatic carbocycles. The van der Waals surface area contributed by atoms with Gasteiger partial charge in [0.2, 0.25) is 0 Å². The fourth-order valence-corrected chi connectivity index (χ4v) is 5.84.